The summed E-state index contributed by atoms with van der Waals surface area (Å²) in [7, 11) is 0. The molecule has 8 nitrogen and oxygen atoms in total. The highest BCUT2D eigenvalue weighted by atomic mass is 16.3. The first kappa shape index (κ1) is 50.0. The fourth-order valence-corrected chi connectivity index (χ4v) is 10.5. The summed E-state index contributed by atoms with van der Waals surface area (Å²) in [6.07, 6.45) is 30.3. The van der Waals surface area contributed by atoms with Crippen LogP contribution < -0.4 is 0 Å². The van der Waals surface area contributed by atoms with Crippen LogP contribution in [0, 0.1) is 0 Å². The zero-order valence-corrected chi connectivity index (χ0v) is 40.9. The fraction of sp³-hybridized carbons (Fsp3) is 0.525. The Kier molecular flexibility index (Phi) is 19.4. The van der Waals surface area contributed by atoms with Crippen LogP contribution in [0.3, 0.4) is 0 Å². The Labute approximate surface area is 400 Å². The maximum Gasteiger partial charge on any atom is 0.128 e. The van der Waals surface area contributed by atoms with Gasteiger partial charge in [0.15, 0.2) is 0 Å². The van der Waals surface area contributed by atoms with Crippen LogP contribution in [0.25, 0.3) is 44.3 Å². The van der Waals surface area contributed by atoms with Crippen LogP contribution in [0.1, 0.15) is 208 Å². The molecule has 0 amide bonds. The van der Waals surface area contributed by atoms with Crippen LogP contribution in [-0.4, -0.2) is 40.4 Å². The number of phenolic OH excluding ortho intramolecular Hbond substituents is 2. The topological polar surface area (TPSA) is 138 Å². The van der Waals surface area contributed by atoms with E-state index >= 15 is 0 Å². The summed E-state index contributed by atoms with van der Waals surface area (Å²) in [6.45, 7) is 4.56. The summed E-state index contributed by atoms with van der Waals surface area (Å²) < 4.78 is 0. The van der Waals surface area contributed by atoms with E-state index in [-0.39, 0.29) is 11.5 Å². The van der Waals surface area contributed by atoms with Gasteiger partial charge in [-0.3, -0.25) is 9.97 Å². The number of hydrogen-bond acceptors (Lipinski definition) is 6. The molecule has 6 N–H and O–H groups in total. The van der Waals surface area contributed by atoms with Gasteiger partial charge in [0.1, 0.15) is 23.7 Å². The van der Waals surface area contributed by atoms with Gasteiger partial charge in [-0.1, -0.05) is 167 Å². The quantitative estimate of drug-likeness (QED) is 0.0306. The first-order valence-corrected chi connectivity index (χ1v) is 26.6. The molecule has 7 rings (SSSR count). The fourth-order valence-electron chi connectivity index (χ4n) is 10.5. The molecule has 8 bridgehead atoms. The zero-order chi connectivity index (χ0) is 46.8. The highest BCUT2D eigenvalue weighted by molar-refractivity contribution is 5.88. The number of fused-ring (bicyclic) bond motifs is 8. The predicted octanol–water partition coefficient (Wildman–Crippen LogP) is 15.7. The number of hydrogen-bond donors (Lipinski definition) is 6. The number of unbranched alkanes of at least 4 members (excludes halogenated alkanes) is 20. The normalized spacial score (nSPS) is 15.0. The smallest absolute Gasteiger partial charge is 0.128 e. The minimum atomic E-state index is -1.36. The molecule has 0 aliphatic carbocycles. The van der Waals surface area contributed by atoms with E-state index in [0.717, 1.165) is 78.4 Å². The first-order valence-electron chi connectivity index (χ1n) is 26.6. The molecule has 5 heterocycles. The Balaban J connectivity index is 1.33. The summed E-state index contributed by atoms with van der Waals surface area (Å²) in [5.41, 5.74) is 11.4. The Morgan fingerprint density at radius 3 is 1.18 bits per heavy atom. The molecule has 2 aliphatic rings. The lowest BCUT2D eigenvalue weighted by atomic mass is 9.96. The standard InChI is InChI=1S/C59H80N4O4/c1-3-5-7-9-11-13-15-17-19-21-23-32-46-48-34-27-35-49(60-48)47(33-24-22-20-18-16-14-12-10-8-6-4-2)51-37-39-53(62-51)55(43-29-26-31-45(65)41-43)57-59(67)58(66)56(63-57)54(52-38-36-50(46)61-52)42-28-25-30-44(64)40-42/h25-26,28-31,36-41,58-59,61-62,64-67H,3-24,27,32-35H2,1-2H3/t58-,59+. The number of rotatable bonds is 26. The van der Waals surface area contributed by atoms with Gasteiger partial charge in [0.2, 0.25) is 0 Å². The lowest BCUT2D eigenvalue weighted by Crippen LogP contribution is -2.09. The van der Waals surface area contributed by atoms with E-state index in [4.69, 9.17) is 9.97 Å². The van der Waals surface area contributed by atoms with E-state index in [9.17, 15) is 20.4 Å². The molecule has 2 aromatic carbocycles. The van der Waals surface area contributed by atoms with Crippen molar-refractivity contribution in [2.45, 2.75) is 199 Å². The lowest BCUT2D eigenvalue weighted by molar-refractivity contribution is 0.0260. The Hall–Kier alpha value is -4.92. The molecule has 0 saturated carbocycles. The van der Waals surface area contributed by atoms with Gasteiger partial charge in [-0.15, -0.1) is 0 Å². The SMILES string of the molecule is CCCCCCCCCCCCCc1c2nc(c(CCCCCCCCCCCCC)c3ccc([nH]3)c(-c3cccc(O)c3)c3nc(c(-c4cccc(O)c4)c4ccc1[nH]4)[C@@H](O)[C@H]3O)CCC2. The summed E-state index contributed by atoms with van der Waals surface area (Å²) >= 11 is 0. The molecule has 3 aromatic heterocycles. The largest absolute Gasteiger partial charge is 0.508 e. The third-order valence-electron chi connectivity index (χ3n) is 14.3. The van der Waals surface area contributed by atoms with Crippen LogP contribution in [0.5, 0.6) is 11.5 Å². The van der Waals surface area contributed by atoms with E-state index in [1.165, 1.54) is 140 Å². The van der Waals surface area contributed by atoms with Crippen molar-refractivity contribution in [1.82, 2.24) is 19.9 Å². The maximum absolute atomic E-state index is 12.1. The average Bonchev–Trinajstić information content (AvgIpc) is 4.08. The number of nitrogens with one attached hydrogen (secondary N) is 2. The number of H-pyrrole nitrogens is 2. The number of aromatic hydroxyl groups is 2. The lowest BCUT2D eigenvalue weighted by Gasteiger charge is -2.16. The van der Waals surface area contributed by atoms with Crippen molar-refractivity contribution in [2.75, 3.05) is 0 Å². The number of aliphatic hydroxyl groups is 2. The molecule has 0 unspecified atom stereocenters. The summed E-state index contributed by atoms with van der Waals surface area (Å²) in [6, 6.07) is 22.4. The van der Waals surface area contributed by atoms with Crippen molar-refractivity contribution < 1.29 is 20.4 Å². The zero-order valence-electron chi connectivity index (χ0n) is 40.9. The van der Waals surface area contributed by atoms with Crippen molar-refractivity contribution in [3.63, 3.8) is 0 Å². The summed E-state index contributed by atoms with van der Waals surface area (Å²) in [5.74, 6) is 0.188. The second kappa shape index (κ2) is 26.0. The van der Waals surface area contributed by atoms with Gasteiger partial charge in [-0.05, 0) is 116 Å². The number of aryl methyl sites for hydroxylation is 4. The third kappa shape index (κ3) is 13.6. The molecule has 360 valence electrons. The van der Waals surface area contributed by atoms with Gasteiger partial charge in [0.05, 0.1) is 11.4 Å². The minimum absolute atomic E-state index is 0.0938. The Bertz CT molecular complexity index is 2320. The van der Waals surface area contributed by atoms with Gasteiger partial charge in [0.25, 0.3) is 0 Å². The average molecular weight is 909 g/mol. The van der Waals surface area contributed by atoms with E-state index in [0.29, 0.717) is 33.6 Å². The van der Waals surface area contributed by atoms with Crippen LogP contribution >= 0.6 is 0 Å². The third-order valence-corrected chi connectivity index (χ3v) is 14.3. The number of aliphatic hydroxyl groups excluding tert-OH is 2. The molecule has 67 heavy (non-hydrogen) atoms. The van der Waals surface area contributed by atoms with Gasteiger partial charge < -0.3 is 30.4 Å². The van der Waals surface area contributed by atoms with Crippen molar-refractivity contribution in [3.8, 4) is 33.8 Å². The van der Waals surface area contributed by atoms with E-state index < -0.39 is 12.2 Å². The van der Waals surface area contributed by atoms with E-state index in [1.54, 1.807) is 36.4 Å². The highest BCUT2D eigenvalue weighted by Gasteiger charge is 2.34. The number of aromatic nitrogens is 4. The maximum atomic E-state index is 12.1. The molecule has 2 atom stereocenters. The van der Waals surface area contributed by atoms with Gasteiger partial charge in [-0.25, -0.2) is 0 Å². The Morgan fingerprint density at radius 2 is 0.806 bits per heavy atom. The van der Waals surface area contributed by atoms with Crippen molar-refractivity contribution in [2.24, 2.45) is 0 Å². The second-order valence-electron chi connectivity index (χ2n) is 19.6. The van der Waals surface area contributed by atoms with E-state index in [2.05, 4.69) is 35.9 Å². The number of phenols is 2. The molecule has 0 fully saturated rings. The monoisotopic (exact) mass is 909 g/mol. The van der Waals surface area contributed by atoms with Crippen LogP contribution in [0.4, 0.5) is 0 Å². The van der Waals surface area contributed by atoms with Gasteiger partial charge >= 0.3 is 0 Å². The van der Waals surface area contributed by atoms with Crippen molar-refractivity contribution >= 4 is 22.1 Å². The van der Waals surface area contributed by atoms with Gasteiger partial charge in [-0.2, -0.15) is 0 Å². The molecular formula is C59H80N4O4. The second-order valence-corrected chi connectivity index (χ2v) is 19.6. The molecule has 0 radical (unpaired) electrons. The van der Waals surface area contributed by atoms with Crippen LogP contribution in [-0.2, 0) is 25.7 Å². The van der Waals surface area contributed by atoms with Crippen LogP contribution in [0.15, 0.2) is 72.8 Å². The summed E-state index contributed by atoms with van der Waals surface area (Å²) in [5, 5.41) is 45.7. The van der Waals surface area contributed by atoms with Gasteiger partial charge in [0, 0.05) is 44.6 Å². The van der Waals surface area contributed by atoms with E-state index in [1.807, 2.05) is 24.3 Å². The molecule has 5 aromatic rings. The summed E-state index contributed by atoms with van der Waals surface area (Å²) in [4.78, 5) is 18.4. The molecule has 8 heteroatoms. The van der Waals surface area contributed by atoms with Crippen molar-refractivity contribution in [3.05, 3.63) is 107 Å². The molecule has 0 saturated heterocycles. The number of aromatic amines is 2. The first-order chi connectivity index (χ1) is 32.9. The molecular weight excluding hydrogens is 829 g/mol. The van der Waals surface area contributed by atoms with Crippen molar-refractivity contribution in [1.29, 1.82) is 0 Å². The minimum Gasteiger partial charge on any atom is -0.508 e. The number of benzene rings is 2. The number of nitrogens with zero attached hydrogens (tertiary/aromatic N) is 2. The highest BCUT2D eigenvalue weighted by Crippen LogP contribution is 2.44. The molecule has 2 aliphatic heterocycles. The Morgan fingerprint density at radius 1 is 0.448 bits per heavy atom. The molecule has 0 spiro atoms. The predicted molar refractivity (Wildman–Crippen MR) is 277 cm³/mol. The van der Waals surface area contributed by atoms with Crippen LogP contribution in [0.2, 0.25) is 0 Å².